The summed E-state index contributed by atoms with van der Waals surface area (Å²) in [6, 6.07) is 25.2. The van der Waals surface area contributed by atoms with Crippen molar-refractivity contribution in [3.8, 4) is 45.8 Å². The first-order chi connectivity index (χ1) is 29.6. The number of amides is 2. The highest BCUT2D eigenvalue weighted by Gasteiger charge is 2.27. The third kappa shape index (κ3) is 9.43. The number of rotatable bonds is 15. The molecule has 16 nitrogen and oxygen atoms in total. The number of nitrogens with one attached hydrogen (secondary N) is 2. The van der Waals surface area contributed by atoms with Crippen LogP contribution in [0.5, 0.6) is 0 Å². The van der Waals surface area contributed by atoms with Crippen LogP contribution in [0.25, 0.3) is 45.8 Å². The van der Waals surface area contributed by atoms with Crippen LogP contribution in [-0.4, -0.2) is 65.2 Å². The van der Waals surface area contributed by atoms with E-state index in [1.54, 1.807) is 91.0 Å². The Bertz CT molecular complexity index is 2870. The second kappa shape index (κ2) is 18.1. The van der Waals surface area contributed by atoms with E-state index < -0.39 is 10.9 Å². The lowest BCUT2D eigenvalue weighted by Gasteiger charge is -2.18. The molecule has 0 aliphatic carbocycles. The Labute approximate surface area is 361 Å². The first kappa shape index (κ1) is 40.8. The van der Waals surface area contributed by atoms with Gasteiger partial charge in [0.2, 0.25) is 17.0 Å². The van der Waals surface area contributed by atoms with E-state index in [1.807, 2.05) is 0 Å². The van der Waals surface area contributed by atoms with Crippen LogP contribution >= 0.6 is 38.6 Å². The summed E-state index contributed by atoms with van der Waals surface area (Å²) in [5.41, 5.74) is 3.14. The Kier molecular flexibility index (Phi) is 12.1. The van der Waals surface area contributed by atoms with Gasteiger partial charge in [-0.2, -0.15) is 0 Å². The summed E-state index contributed by atoms with van der Waals surface area (Å²) in [4.78, 5) is 60.1. The molecule has 61 heavy (non-hydrogen) atoms. The summed E-state index contributed by atoms with van der Waals surface area (Å²) in [7, 11) is -1.79. The fourth-order valence-corrected chi connectivity index (χ4v) is 8.90. The number of thioether (sulfide) groups is 1. The standard InChI is InChI=1S/C42H31BrN8O8S2/c1-23(52)44-27-12-9-25(10-13-27)31(55)22-61(42-47-37(32-6-3-17-56-32)39(49-51-42)33-7-4-18-57-33)36-16-15-35(59-36)38-40(34-8-5-19-58-34)48-50-41(46-38)60-21-30(54)26-11-14-29(28(43)20-26)45-24(2)53/h3-20,61H,21-22H2,1-2H3,(H,44,52)(H,45,53). The molecule has 2 aromatic carbocycles. The maximum Gasteiger partial charge on any atom is 0.221 e. The van der Waals surface area contributed by atoms with E-state index in [0.29, 0.717) is 60.7 Å². The summed E-state index contributed by atoms with van der Waals surface area (Å²) in [6.45, 7) is 2.80. The predicted molar refractivity (Wildman–Crippen MR) is 229 cm³/mol. The van der Waals surface area contributed by atoms with Gasteiger partial charge in [0.25, 0.3) is 0 Å². The second-order valence-corrected chi connectivity index (χ2v) is 16.8. The van der Waals surface area contributed by atoms with Crippen LogP contribution in [-0.2, 0) is 9.59 Å². The maximum absolute atomic E-state index is 14.0. The van der Waals surface area contributed by atoms with Crippen LogP contribution in [0, 0.1) is 0 Å². The number of carbonyl (C=O) groups is 4. The minimum atomic E-state index is -1.79. The van der Waals surface area contributed by atoms with Crippen molar-refractivity contribution in [1.82, 2.24) is 30.4 Å². The number of halogens is 1. The van der Waals surface area contributed by atoms with E-state index >= 15 is 0 Å². The fourth-order valence-electron chi connectivity index (χ4n) is 5.94. The Morgan fingerprint density at radius 3 is 1.85 bits per heavy atom. The van der Waals surface area contributed by atoms with Crippen molar-refractivity contribution in [2.45, 2.75) is 29.3 Å². The molecule has 2 amide bonds. The largest absolute Gasteiger partial charge is 0.463 e. The van der Waals surface area contributed by atoms with E-state index in [4.69, 9.17) is 27.6 Å². The molecule has 0 saturated heterocycles. The van der Waals surface area contributed by atoms with E-state index in [9.17, 15) is 19.2 Å². The lowest BCUT2D eigenvalue weighted by molar-refractivity contribution is -0.115. The molecule has 0 bridgehead atoms. The van der Waals surface area contributed by atoms with Crippen molar-refractivity contribution < 1.29 is 36.8 Å². The van der Waals surface area contributed by atoms with Crippen LogP contribution < -0.4 is 10.6 Å². The molecular weight excluding hydrogens is 889 g/mol. The van der Waals surface area contributed by atoms with Gasteiger partial charge in [-0.05, 0) is 107 Å². The number of hydrogen-bond acceptors (Lipinski definition) is 15. The highest BCUT2D eigenvalue weighted by atomic mass is 79.9. The number of nitrogens with zero attached hydrogens (tertiary/aromatic N) is 6. The van der Waals surface area contributed by atoms with Gasteiger partial charge in [-0.25, -0.2) is 9.97 Å². The van der Waals surface area contributed by atoms with E-state index in [-0.39, 0.29) is 62.3 Å². The van der Waals surface area contributed by atoms with Crippen molar-refractivity contribution in [3.05, 3.63) is 125 Å². The van der Waals surface area contributed by atoms with Gasteiger partial charge in [0.05, 0.1) is 36.0 Å². The molecule has 2 N–H and O–H groups in total. The van der Waals surface area contributed by atoms with Crippen LogP contribution in [0.15, 0.2) is 147 Å². The van der Waals surface area contributed by atoms with Gasteiger partial charge in [-0.3, -0.25) is 19.2 Å². The molecule has 6 heterocycles. The third-order valence-corrected chi connectivity index (χ3v) is 12.2. The second-order valence-electron chi connectivity index (χ2n) is 13.0. The molecule has 306 valence electrons. The molecular formula is C42H31BrN8O8S2. The normalized spacial score (nSPS) is 11.9. The smallest absolute Gasteiger partial charge is 0.221 e. The van der Waals surface area contributed by atoms with E-state index in [1.165, 1.54) is 32.6 Å². The molecule has 0 saturated carbocycles. The highest BCUT2D eigenvalue weighted by molar-refractivity contribution is 9.10. The van der Waals surface area contributed by atoms with Gasteiger partial charge in [0.15, 0.2) is 51.2 Å². The monoisotopic (exact) mass is 918 g/mol. The predicted octanol–water partition coefficient (Wildman–Crippen LogP) is 9.05. The summed E-state index contributed by atoms with van der Waals surface area (Å²) >= 11 is 4.49. The van der Waals surface area contributed by atoms with Crippen molar-refractivity contribution in [2.24, 2.45) is 0 Å². The SMILES string of the molecule is CC(=O)Nc1ccc(C(=O)C[SH](c2nnc(-c3ccco3)c(-c3ccco3)n2)c2ccc(-c3nc(SCC(=O)c4ccc(NC(C)=O)c(Br)c4)nnc3-c3ccco3)o2)cc1. The Morgan fingerprint density at radius 2 is 1.25 bits per heavy atom. The van der Waals surface area contributed by atoms with Gasteiger partial charge in [0, 0.05) is 35.1 Å². The van der Waals surface area contributed by atoms with Gasteiger partial charge in [0.1, 0.15) is 16.5 Å². The molecule has 1 unspecified atom stereocenters. The zero-order valence-corrected chi connectivity index (χ0v) is 35.3. The van der Waals surface area contributed by atoms with Crippen molar-refractivity contribution >= 4 is 73.3 Å². The lowest BCUT2D eigenvalue weighted by Crippen LogP contribution is -2.10. The summed E-state index contributed by atoms with van der Waals surface area (Å²) in [5.74, 6) is 0.442. The zero-order valence-electron chi connectivity index (χ0n) is 32.0. The van der Waals surface area contributed by atoms with Crippen molar-refractivity contribution in [2.75, 3.05) is 22.1 Å². The minimum Gasteiger partial charge on any atom is -0.463 e. The average molecular weight is 920 g/mol. The highest BCUT2D eigenvalue weighted by Crippen LogP contribution is 2.46. The van der Waals surface area contributed by atoms with Crippen LogP contribution in [0.2, 0.25) is 0 Å². The first-order valence-electron chi connectivity index (χ1n) is 18.2. The zero-order chi connectivity index (χ0) is 42.5. The summed E-state index contributed by atoms with van der Waals surface area (Å²) in [5, 5.41) is 23.9. The van der Waals surface area contributed by atoms with Crippen LogP contribution in [0.3, 0.4) is 0 Å². The van der Waals surface area contributed by atoms with E-state index in [0.717, 1.165) is 11.8 Å². The molecule has 8 aromatic rings. The number of ketones is 2. The van der Waals surface area contributed by atoms with Gasteiger partial charge in [-0.15, -0.1) is 31.3 Å². The van der Waals surface area contributed by atoms with E-state index in [2.05, 4.69) is 47.0 Å². The lowest BCUT2D eigenvalue weighted by atomic mass is 10.1. The number of anilines is 2. The molecule has 0 aliphatic heterocycles. The van der Waals surface area contributed by atoms with Crippen molar-refractivity contribution in [3.63, 3.8) is 0 Å². The third-order valence-electron chi connectivity index (χ3n) is 8.70. The number of furan rings is 4. The quantitative estimate of drug-likeness (QED) is 0.0496. The van der Waals surface area contributed by atoms with Gasteiger partial charge >= 0.3 is 0 Å². The molecule has 1 atom stereocenters. The average Bonchev–Trinajstić information content (AvgIpc) is 4.11. The topological polar surface area (TPSA) is 222 Å². The molecule has 19 heteroatoms. The van der Waals surface area contributed by atoms with Crippen LogP contribution in [0.1, 0.15) is 34.6 Å². The summed E-state index contributed by atoms with van der Waals surface area (Å²) in [6.07, 6.45) is 4.52. The molecule has 0 fully saturated rings. The number of hydrogen-bond donors (Lipinski definition) is 3. The Morgan fingerprint density at radius 1 is 0.639 bits per heavy atom. The number of benzene rings is 2. The number of thiol groups is 1. The number of aromatic nitrogens is 6. The fraction of sp³-hybridized carbons (Fsp3) is 0.0952. The number of carbonyl (C=O) groups excluding carboxylic acids is 4. The molecule has 8 rings (SSSR count). The Balaban J connectivity index is 1.14. The molecule has 0 aliphatic rings. The van der Waals surface area contributed by atoms with Crippen molar-refractivity contribution in [1.29, 1.82) is 0 Å². The minimum absolute atomic E-state index is 0.0217. The first-order valence-corrected chi connectivity index (χ1v) is 21.5. The molecule has 6 aromatic heterocycles. The van der Waals surface area contributed by atoms with Gasteiger partial charge < -0.3 is 28.3 Å². The summed E-state index contributed by atoms with van der Waals surface area (Å²) < 4.78 is 24.2. The van der Waals surface area contributed by atoms with Gasteiger partial charge in [-0.1, -0.05) is 11.8 Å². The maximum atomic E-state index is 14.0. The Hall–Kier alpha value is -6.96. The molecule has 0 spiro atoms. The molecule has 0 radical (unpaired) electrons. The number of Topliss-reactive ketones (excluding diaryl/α,β-unsaturated/α-hetero) is 2. The van der Waals surface area contributed by atoms with Crippen LogP contribution in [0.4, 0.5) is 11.4 Å².